The maximum Gasteiger partial charge on any atom is 0.233 e. The third kappa shape index (κ3) is 7.11. The summed E-state index contributed by atoms with van der Waals surface area (Å²) in [4.78, 5) is 25.5. The third-order valence-electron chi connectivity index (χ3n) is 5.34. The summed E-state index contributed by atoms with van der Waals surface area (Å²) >= 11 is 7.53. The quantitative estimate of drug-likeness (QED) is 0.220. The second-order valence-corrected chi connectivity index (χ2v) is 8.95. The van der Waals surface area contributed by atoms with E-state index in [4.69, 9.17) is 11.6 Å². The molecular weight excluding hydrogens is 428 g/mol. The fraction of sp³-hybridized carbons (Fsp3) is 0.375. The number of piperidine rings is 1. The monoisotopic (exact) mass is 456 g/mol. The van der Waals surface area contributed by atoms with E-state index in [0.29, 0.717) is 40.9 Å². The van der Waals surface area contributed by atoms with Crippen molar-refractivity contribution in [1.29, 1.82) is 0 Å². The maximum atomic E-state index is 12.7. The molecule has 1 saturated heterocycles. The average Bonchev–Trinajstić information content (AvgIpc) is 2.78. The van der Waals surface area contributed by atoms with E-state index in [-0.39, 0.29) is 5.91 Å². The largest absolute Gasteiger partial charge is 0.349 e. The van der Waals surface area contributed by atoms with Gasteiger partial charge < -0.3 is 9.80 Å². The lowest BCUT2D eigenvalue weighted by atomic mass is 9.90. The second-order valence-electron chi connectivity index (χ2n) is 7.62. The van der Waals surface area contributed by atoms with Crippen LogP contribution in [0.5, 0.6) is 0 Å². The van der Waals surface area contributed by atoms with Crippen LogP contribution >= 0.6 is 23.4 Å². The standard InChI is InChI=1S/C24H29ClN4OS/c1-3-12-28(13-4-2)22-17-21(25)26-24(27-22)31-18-23(30)29-14-10-20(11-15-29)16-19-8-6-5-7-9-19/h3-9,17,20H,1-2,10-16,18H2. The van der Waals surface area contributed by atoms with E-state index in [0.717, 1.165) is 32.4 Å². The summed E-state index contributed by atoms with van der Waals surface area (Å²) in [6, 6.07) is 12.3. The van der Waals surface area contributed by atoms with Crippen LogP contribution in [0, 0.1) is 5.92 Å². The Morgan fingerprint density at radius 2 is 1.84 bits per heavy atom. The molecular formula is C24H29ClN4OS. The Labute approximate surface area is 194 Å². The van der Waals surface area contributed by atoms with Gasteiger partial charge in [0.05, 0.1) is 5.75 Å². The van der Waals surface area contributed by atoms with Crippen LogP contribution in [0.4, 0.5) is 5.82 Å². The maximum absolute atomic E-state index is 12.7. The lowest BCUT2D eigenvalue weighted by Crippen LogP contribution is -2.39. The summed E-state index contributed by atoms with van der Waals surface area (Å²) in [5, 5.41) is 0.868. The second kappa shape index (κ2) is 11.9. The number of halogens is 1. The van der Waals surface area contributed by atoms with E-state index in [9.17, 15) is 4.79 Å². The van der Waals surface area contributed by atoms with Crippen LogP contribution in [0.2, 0.25) is 5.15 Å². The van der Waals surface area contributed by atoms with Crippen LogP contribution in [-0.4, -0.2) is 52.7 Å². The Morgan fingerprint density at radius 3 is 2.48 bits per heavy atom. The van der Waals surface area contributed by atoms with E-state index in [2.05, 4.69) is 47.4 Å². The van der Waals surface area contributed by atoms with Crippen molar-refractivity contribution in [2.45, 2.75) is 24.4 Å². The molecule has 1 aromatic heterocycles. The van der Waals surface area contributed by atoms with E-state index in [1.807, 2.05) is 15.9 Å². The van der Waals surface area contributed by atoms with E-state index in [1.165, 1.54) is 17.3 Å². The summed E-state index contributed by atoms with van der Waals surface area (Å²) in [5.74, 6) is 1.78. The van der Waals surface area contributed by atoms with Gasteiger partial charge in [0.25, 0.3) is 0 Å². The molecule has 1 fully saturated rings. The predicted octanol–water partition coefficient (Wildman–Crippen LogP) is 4.88. The van der Waals surface area contributed by atoms with E-state index in [1.54, 1.807) is 18.2 Å². The van der Waals surface area contributed by atoms with Gasteiger partial charge in [-0.3, -0.25) is 4.79 Å². The van der Waals surface area contributed by atoms with Gasteiger partial charge in [-0.1, -0.05) is 65.8 Å². The molecule has 7 heteroatoms. The molecule has 0 atom stereocenters. The molecule has 1 aliphatic heterocycles. The molecule has 3 rings (SSSR count). The molecule has 164 valence electrons. The van der Waals surface area contributed by atoms with Crippen LogP contribution in [0.15, 0.2) is 66.9 Å². The first-order valence-electron chi connectivity index (χ1n) is 10.5. The molecule has 0 saturated carbocycles. The molecule has 2 heterocycles. The Balaban J connectivity index is 1.51. The SMILES string of the molecule is C=CCN(CC=C)c1cc(Cl)nc(SCC(=O)N2CCC(Cc3ccccc3)CC2)n1. The molecule has 0 spiro atoms. The van der Waals surface area contributed by atoms with Crippen LogP contribution in [0.1, 0.15) is 18.4 Å². The predicted molar refractivity (Wildman–Crippen MR) is 130 cm³/mol. The number of hydrogen-bond donors (Lipinski definition) is 0. The lowest BCUT2D eigenvalue weighted by molar-refractivity contribution is -0.129. The van der Waals surface area contributed by atoms with Crippen molar-refractivity contribution in [3.05, 3.63) is 72.4 Å². The Bertz CT molecular complexity index is 874. The highest BCUT2D eigenvalue weighted by Crippen LogP contribution is 2.25. The first-order chi connectivity index (χ1) is 15.1. The molecule has 1 amide bonds. The normalized spacial score (nSPS) is 14.3. The summed E-state index contributed by atoms with van der Waals surface area (Å²) < 4.78 is 0. The fourth-order valence-corrected chi connectivity index (χ4v) is 4.72. The number of carbonyl (C=O) groups excluding carboxylic acids is 1. The topological polar surface area (TPSA) is 49.3 Å². The Morgan fingerprint density at radius 1 is 1.16 bits per heavy atom. The number of amides is 1. The highest BCUT2D eigenvalue weighted by Gasteiger charge is 2.23. The van der Waals surface area contributed by atoms with Crippen molar-refractivity contribution < 1.29 is 4.79 Å². The first kappa shape index (κ1) is 23.4. The van der Waals surface area contributed by atoms with Gasteiger partial charge in [-0.25, -0.2) is 9.97 Å². The molecule has 0 unspecified atom stereocenters. The zero-order chi connectivity index (χ0) is 22.1. The zero-order valence-corrected chi connectivity index (χ0v) is 19.3. The Kier molecular flexibility index (Phi) is 8.98. The number of hydrogen-bond acceptors (Lipinski definition) is 5. The highest BCUT2D eigenvalue weighted by molar-refractivity contribution is 7.99. The molecule has 31 heavy (non-hydrogen) atoms. The van der Waals surface area contributed by atoms with Crippen LogP contribution in [-0.2, 0) is 11.2 Å². The zero-order valence-electron chi connectivity index (χ0n) is 17.8. The van der Waals surface area contributed by atoms with Gasteiger partial charge in [0.1, 0.15) is 11.0 Å². The van der Waals surface area contributed by atoms with Gasteiger partial charge >= 0.3 is 0 Å². The first-order valence-corrected chi connectivity index (χ1v) is 11.9. The summed E-state index contributed by atoms with van der Waals surface area (Å²) in [6.45, 7) is 10.4. The van der Waals surface area contributed by atoms with Crippen LogP contribution in [0.3, 0.4) is 0 Å². The van der Waals surface area contributed by atoms with Crippen molar-refractivity contribution >= 4 is 35.1 Å². The summed E-state index contributed by atoms with van der Waals surface area (Å²) in [6.07, 6.45) is 6.78. The van der Waals surface area contributed by atoms with Crippen molar-refractivity contribution in [2.24, 2.45) is 5.92 Å². The fourth-order valence-electron chi connectivity index (χ4n) is 3.74. The molecule has 1 aromatic carbocycles. The molecule has 1 aliphatic rings. The van der Waals surface area contributed by atoms with Gasteiger partial charge in [0.2, 0.25) is 5.91 Å². The molecule has 0 radical (unpaired) electrons. The van der Waals surface area contributed by atoms with Gasteiger partial charge in [-0.05, 0) is 30.7 Å². The van der Waals surface area contributed by atoms with Crippen molar-refractivity contribution in [3.8, 4) is 0 Å². The van der Waals surface area contributed by atoms with E-state index >= 15 is 0 Å². The van der Waals surface area contributed by atoms with Crippen molar-refractivity contribution in [1.82, 2.24) is 14.9 Å². The molecule has 0 aliphatic carbocycles. The smallest absolute Gasteiger partial charge is 0.233 e. The number of nitrogens with zero attached hydrogens (tertiary/aromatic N) is 4. The van der Waals surface area contributed by atoms with Crippen molar-refractivity contribution in [2.75, 3.05) is 36.8 Å². The Hall–Kier alpha value is -2.31. The number of benzene rings is 1. The molecule has 0 N–H and O–H groups in total. The molecule has 0 bridgehead atoms. The summed E-state index contributed by atoms with van der Waals surface area (Å²) in [7, 11) is 0. The number of carbonyl (C=O) groups is 1. The van der Waals surface area contributed by atoms with Crippen LogP contribution in [0.25, 0.3) is 0 Å². The van der Waals surface area contributed by atoms with E-state index < -0.39 is 0 Å². The van der Waals surface area contributed by atoms with Gasteiger partial charge in [-0.15, -0.1) is 13.2 Å². The number of anilines is 1. The highest BCUT2D eigenvalue weighted by atomic mass is 35.5. The minimum Gasteiger partial charge on any atom is -0.349 e. The average molecular weight is 457 g/mol. The molecule has 2 aromatic rings. The number of thioether (sulfide) groups is 1. The third-order valence-corrected chi connectivity index (χ3v) is 6.37. The molecule has 5 nitrogen and oxygen atoms in total. The van der Waals surface area contributed by atoms with Gasteiger partial charge in [0, 0.05) is 32.2 Å². The minimum atomic E-state index is 0.127. The lowest BCUT2D eigenvalue weighted by Gasteiger charge is -2.32. The minimum absolute atomic E-state index is 0.127. The van der Waals surface area contributed by atoms with Crippen molar-refractivity contribution in [3.63, 3.8) is 0 Å². The summed E-state index contributed by atoms with van der Waals surface area (Å²) in [5.41, 5.74) is 1.37. The number of rotatable bonds is 10. The van der Waals surface area contributed by atoms with Gasteiger partial charge in [0.15, 0.2) is 5.16 Å². The van der Waals surface area contributed by atoms with Crippen LogP contribution < -0.4 is 4.90 Å². The number of likely N-dealkylation sites (tertiary alicyclic amines) is 1. The number of aromatic nitrogens is 2. The van der Waals surface area contributed by atoms with Gasteiger partial charge in [-0.2, -0.15) is 0 Å².